The van der Waals surface area contributed by atoms with Gasteiger partial charge in [-0.1, -0.05) is 17.7 Å². The minimum absolute atomic E-state index is 0.283. The molecule has 0 aliphatic rings. The van der Waals surface area contributed by atoms with Crippen molar-refractivity contribution in [2.75, 3.05) is 19.5 Å². The number of hydrogen-bond donors (Lipinski definition) is 1. The topological polar surface area (TPSA) is 56.8 Å². The number of methoxy groups -OCH3 is 2. The molecule has 0 heterocycles. The maximum atomic E-state index is 12.2. The van der Waals surface area contributed by atoms with Crippen LogP contribution in [-0.4, -0.2) is 26.2 Å². The number of amides is 1. The third kappa shape index (κ3) is 4.79. The van der Waals surface area contributed by atoms with Crippen LogP contribution in [0.2, 0.25) is 5.02 Å². The van der Waals surface area contributed by atoms with E-state index in [9.17, 15) is 4.79 Å². The molecule has 122 valence electrons. The summed E-state index contributed by atoms with van der Waals surface area (Å²) in [4.78, 5) is 12.2. The molecule has 0 saturated heterocycles. The van der Waals surface area contributed by atoms with Gasteiger partial charge in [0.15, 0.2) is 6.10 Å². The predicted molar refractivity (Wildman–Crippen MR) is 89.7 cm³/mol. The van der Waals surface area contributed by atoms with E-state index in [0.717, 1.165) is 0 Å². The number of ether oxygens (including phenoxy) is 3. The highest BCUT2D eigenvalue weighted by Gasteiger charge is 2.16. The van der Waals surface area contributed by atoms with Gasteiger partial charge < -0.3 is 19.5 Å². The van der Waals surface area contributed by atoms with Crippen LogP contribution in [-0.2, 0) is 4.79 Å². The van der Waals surface area contributed by atoms with Crippen LogP contribution in [0.4, 0.5) is 5.69 Å². The second kappa shape index (κ2) is 7.74. The standard InChI is InChI=1S/C17H18ClNO4/c1-11(17(20)19-13-6-4-5-12(18)7-13)23-16-9-14(21-2)8-15(10-16)22-3/h4-11H,1-3H3,(H,19,20)/t11-/m0/s1. The fraction of sp³-hybridized carbons (Fsp3) is 0.235. The van der Waals surface area contributed by atoms with E-state index < -0.39 is 6.10 Å². The third-order valence-corrected chi connectivity index (χ3v) is 3.33. The first-order chi connectivity index (χ1) is 11.0. The molecule has 1 atom stereocenters. The highest BCUT2D eigenvalue weighted by Crippen LogP contribution is 2.28. The Kier molecular flexibility index (Phi) is 5.71. The van der Waals surface area contributed by atoms with E-state index in [1.165, 1.54) is 0 Å². The smallest absolute Gasteiger partial charge is 0.265 e. The van der Waals surface area contributed by atoms with Gasteiger partial charge in [0, 0.05) is 28.9 Å². The Hall–Kier alpha value is -2.40. The second-order valence-corrected chi connectivity index (χ2v) is 5.24. The van der Waals surface area contributed by atoms with E-state index in [-0.39, 0.29) is 5.91 Å². The zero-order valence-electron chi connectivity index (χ0n) is 13.1. The number of rotatable bonds is 6. The lowest BCUT2D eigenvalue weighted by atomic mass is 10.2. The zero-order chi connectivity index (χ0) is 16.8. The van der Waals surface area contributed by atoms with Gasteiger partial charge in [-0.15, -0.1) is 0 Å². The molecule has 5 nitrogen and oxygen atoms in total. The van der Waals surface area contributed by atoms with Gasteiger partial charge in [0.25, 0.3) is 5.91 Å². The third-order valence-electron chi connectivity index (χ3n) is 3.10. The molecule has 2 aromatic carbocycles. The molecule has 1 N–H and O–H groups in total. The van der Waals surface area contributed by atoms with Crippen LogP contribution in [0.25, 0.3) is 0 Å². The lowest BCUT2D eigenvalue weighted by molar-refractivity contribution is -0.122. The summed E-state index contributed by atoms with van der Waals surface area (Å²) in [5, 5.41) is 3.30. The van der Waals surface area contributed by atoms with E-state index in [1.54, 1.807) is 63.6 Å². The summed E-state index contributed by atoms with van der Waals surface area (Å²) in [7, 11) is 3.10. The lowest BCUT2D eigenvalue weighted by Crippen LogP contribution is -2.30. The molecule has 0 aliphatic heterocycles. The first-order valence-electron chi connectivity index (χ1n) is 6.98. The van der Waals surface area contributed by atoms with Crippen molar-refractivity contribution in [3.63, 3.8) is 0 Å². The van der Waals surface area contributed by atoms with Crippen LogP contribution in [0.5, 0.6) is 17.2 Å². The summed E-state index contributed by atoms with van der Waals surface area (Å²) >= 11 is 5.89. The van der Waals surface area contributed by atoms with E-state index in [2.05, 4.69) is 5.32 Å². The Morgan fingerprint density at radius 2 is 1.65 bits per heavy atom. The van der Waals surface area contributed by atoms with Crippen molar-refractivity contribution in [2.45, 2.75) is 13.0 Å². The molecule has 0 saturated carbocycles. The fourth-order valence-corrected chi connectivity index (χ4v) is 2.11. The first-order valence-corrected chi connectivity index (χ1v) is 7.36. The van der Waals surface area contributed by atoms with Crippen LogP contribution < -0.4 is 19.5 Å². The summed E-state index contributed by atoms with van der Waals surface area (Å²) in [6.07, 6.45) is -0.703. The number of hydrogen-bond acceptors (Lipinski definition) is 4. The Morgan fingerprint density at radius 1 is 1.04 bits per heavy atom. The van der Waals surface area contributed by atoms with Crippen molar-refractivity contribution < 1.29 is 19.0 Å². The van der Waals surface area contributed by atoms with Crippen molar-refractivity contribution in [3.8, 4) is 17.2 Å². The number of halogens is 1. The average molecular weight is 336 g/mol. The van der Waals surface area contributed by atoms with Gasteiger partial charge in [0.2, 0.25) is 0 Å². The van der Waals surface area contributed by atoms with Gasteiger partial charge in [-0.3, -0.25) is 4.79 Å². The van der Waals surface area contributed by atoms with E-state index in [4.69, 9.17) is 25.8 Å². The molecule has 1 amide bonds. The molecule has 6 heteroatoms. The molecule has 0 bridgehead atoms. The largest absolute Gasteiger partial charge is 0.496 e. The Bertz CT molecular complexity index is 668. The number of nitrogens with one attached hydrogen (secondary N) is 1. The molecule has 0 fully saturated rings. The molecule has 0 radical (unpaired) electrons. The maximum absolute atomic E-state index is 12.2. The van der Waals surface area contributed by atoms with Gasteiger partial charge in [-0.05, 0) is 25.1 Å². The van der Waals surface area contributed by atoms with Crippen LogP contribution in [0.3, 0.4) is 0 Å². The highest BCUT2D eigenvalue weighted by molar-refractivity contribution is 6.30. The van der Waals surface area contributed by atoms with Gasteiger partial charge >= 0.3 is 0 Å². The van der Waals surface area contributed by atoms with Gasteiger partial charge in [-0.2, -0.15) is 0 Å². The molecule has 0 unspecified atom stereocenters. The van der Waals surface area contributed by atoms with E-state index in [1.807, 2.05) is 0 Å². The Balaban J connectivity index is 2.06. The minimum Gasteiger partial charge on any atom is -0.496 e. The second-order valence-electron chi connectivity index (χ2n) is 4.81. The summed E-state index contributed by atoms with van der Waals surface area (Å²) in [6.45, 7) is 1.66. The molecule has 0 aromatic heterocycles. The molecule has 2 rings (SSSR count). The first kappa shape index (κ1) is 17.0. The number of carbonyl (C=O) groups is 1. The summed E-state index contributed by atoms with van der Waals surface area (Å²) in [5.74, 6) is 1.37. The number of benzene rings is 2. The summed E-state index contributed by atoms with van der Waals surface area (Å²) < 4.78 is 16.0. The summed E-state index contributed by atoms with van der Waals surface area (Å²) in [6, 6.07) is 12.0. The van der Waals surface area contributed by atoms with Crippen molar-refractivity contribution in [2.24, 2.45) is 0 Å². The predicted octanol–water partition coefficient (Wildman–Crippen LogP) is 3.76. The molecular weight excluding hydrogens is 318 g/mol. The maximum Gasteiger partial charge on any atom is 0.265 e. The monoisotopic (exact) mass is 335 g/mol. The van der Waals surface area contributed by atoms with E-state index >= 15 is 0 Å². The number of anilines is 1. The van der Waals surface area contributed by atoms with Gasteiger partial charge in [0.1, 0.15) is 17.2 Å². The fourth-order valence-electron chi connectivity index (χ4n) is 1.92. The molecule has 2 aromatic rings. The molecular formula is C17H18ClNO4. The van der Waals surface area contributed by atoms with E-state index in [0.29, 0.717) is 28.0 Å². The average Bonchev–Trinajstić information content (AvgIpc) is 2.54. The van der Waals surface area contributed by atoms with Crippen molar-refractivity contribution in [1.82, 2.24) is 0 Å². The lowest BCUT2D eigenvalue weighted by Gasteiger charge is -2.16. The quantitative estimate of drug-likeness (QED) is 0.873. The van der Waals surface area contributed by atoms with Crippen LogP contribution in [0, 0.1) is 0 Å². The number of carbonyl (C=O) groups excluding carboxylic acids is 1. The zero-order valence-corrected chi connectivity index (χ0v) is 13.9. The molecule has 23 heavy (non-hydrogen) atoms. The Labute approximate surface area is 140 Å². The highest BCUT2D eigenvalue weighted by atomic mass is 35.5. The van der Waals surface area contributed by atoms with Crippen molar-refractivity contribution in [1.29, 1.82) is 0 Å². The van der Waals surface area contributed by atoms with Crippen molar-refractivity contribution in [3.05, 3.63) is 47.5 Å². The minimum atomic E-state index is -0.703. The van der Waals surface area contributed by atoms with Crippen LogP contribution >= 0.6 is 11.6 Å². The molecule has 0 spiro atoms. The van der Waals surface area contributed by atoms with Crippen molar-refractivity contribution >= 4 is 23.2 Å². The Morgan fingerprint density at radius 3 is 2.22 bits per heavy atom. The van der Waals surface area contributed by atoms with Crippen LogP contribution in [0.1, 0.15) is 6.92 Å². The SMILES string of the molecule is COc1cc(OC)cc(O[C@@H](C)C(=O)Nc2cccc(Cl)c2)c1. The van der Waals surface area contributed by atoms with Gasteiger partial charge in [-0.25, -0.2) is 0 Å². The van der Waals surface area contributed by atoms with Gasteiger partial charge in [0.05, 0.1) is 14.2 Å². The summed E-state index contributed by atoms with van der Waals surface area (Å²) in [5.41, 5.74) is 0.612. The molecule has 0 aliphatic carbocycles. The normalized spacial score (nSPS) is 11.5. The van der Waals surface area contributed by atoms with Crippen LogP contribution in [0.15, 0.2) is 42.5 Å².